The number of halogens is 1. The summed E-state index contributed by atoms with van der Waals surface area (Å²) in [6.07, 6.45) is 7.90. The summed E-state index contributed by atoms with van der Waals surface area (Å²) in [5.74, 6) is 4.21. The van der Waals surface area contributed by atoms with Gasteiger partial charge >= 0.3 is 0 Å². The van der Waals surface area contributed by atoms with Gasteiger partial charge < -0.3 is 28.2 Å². The maximum absolute atomic E-state index is 13.9. The lowest BCUT2D eigenvalue weighted by Gasteiger charge is -2.34. The standard InChI is InChI=1S/C53H61ClN4O6/c1-32(2)35-15-19-57(20-16-35)30-45-47(62-7)25-38(44-29-55(5)51(59)41-12-10-9-11-39(41)44)26-48(45)64-31-34-13-14-40-42(23-34)52(60)56(6)28-43(40)37-24-46(54)50(49(27-37)63-8)53(61)58-21-17-36(18-22-58)33(3)4/h9-14,23-29,32-33,35-36H,15-22,30-31H2,1-8H3. The van der Waals surface area contributed by atoms with Gasteiger partial charge in [-0.25, -0.2) is 0 Å². The van der Waals surface area contributed by atoms with Gasteiger partial charge in [-0.05, 0) is 126 Å². The number of benzene rings is 4. The van der Waals surface area contributed by atoms with E-state index in [1.807, 2.05) is 59.6 Å². The van der Waals surface area contributed by atoms with E-state index < -0.39 is 0 Å². The van der Waals surface area contributed by atoms with Gasteiger partial charge in [0, 0.05) is 68.0 Å². The van der Waals surface area contributed by atoms with Crippen molar-refractivity contribution >= 4 is 39.1 Å². The average Bonchev–Trinajstić information content (AvgIpc) is 3.30. The maximum Gasteiger partial charge on any atom is 0.259 e. The maximum atomic E-state index is 13.9. The highest BCUT2D eigenvalue weighted by atomic mass is 35.5. The Kier molecular flexibility index (Phi) is 13.3. The van der Waals surface area contributed by atoms with Gasteiger partial charge in [-0.1, -0.05) is 69.6 Å². The number of aryl methyl sites for hydroxylation is 2. The quantitative estimate of drug-likeness (QED) is 0.121. The zero-order chi connectivity index (χ0) is 45.4. The van der Waals surface area contributed by atoms with E-state index in [9.17, 15) is 14.4 Å². The second-order valence-electron chi connectivity index (χ2n) is 18.6. The largest absolute Gasteiger partial charge is 0.496 e. The number of carbonyl (C=O) groups excluding carboxylic acids is 1. The molecule has 0 aliphatic carbocycles. The SMILES string of the molecule is COc1cc(-c2cn(C)c(=O)c3ccccc23)cc(OCc2ccc3c(-c4cc(Cl)c(C(=O)N5CCC(C(C)C)CC5)c(OC)c4)cn(C)c(=O)c3c2)c1CN1CCC(C(C)C)CC1. The number of likely N-dealkylation sites (tertiary alicyclic amines) is 2. The number of hydrogen-bond acceptors (Lipinski definition) is 7. The van der Waals surface area contributed by atoms with Crippen molar-refractivity contribution in [2.45, 2.75) is 66.5 Å². The highest BCUT2D eigenvalue weighted by Gasteiger charge is 2.30. The molecule has 64 heavy (non-hydrogen) atoms. The van der Waals surface area contributed by atoms with Gasteiger partial charge in [0.25, 0.3) is 17.0 Å². The zero-order valence-corrected chi connectivity index (χ0v) is 39.3. The van der Waals surface area contributed by atoms with Crippen LogP contribution < -0.4 is 25.3 Å². The average molecular weight is 886 g/mol. The minimum Gasteiger partial charge on any atom is -0.496 e. The Morgan fingerprint density at radius 3 is 1.81 bits per heavy atom. The first-order valence-corrected chi connectivity index (χ1v) is 23.1. The van der Waals surface area contributed by atoms with E-state index in [1.165, 1.54) is 0 Å². The number of nitrogens with zero attached hydrogens (tertiary/aromatic N) is 4. The van der Waals surface area contributed by atoms with Crippen LogP contribution in [0.4, 0.5) is 0 Å². The van der Waals surface area contributed by atoms with E-state index in [2.05, 4.69) is 44.7 Å². The smallest absolute Gasteiger partial charge is 0.259 e. The summed E-state index contributed by atoms with van der Waals surface area (Å²) < 4.78 is 22.0. The minimum absolute atomic E-state index is 0.0585. The fraction of sp³-hybridized carbons (Fsp3) is 0.415. The molecule has 0 atom stereocenters. The van der Waals surface area contributed by atoms with Crippen molar-refractivity contribution in [1.82, 2.24) is 18.9 Å². The number of aromatic nitrogens is 2. The van der Waals surface area contributed by atoms with Crippen LogP contribution in [0, 0.1) is 23.7 Å². The van der Waals surface area contributed by atoms with E-state index >= 15 is 0 Å². The summed E-state index contributed by atoms with van der Waals surface area (Å²) in [6.45, 7) is 13.3. The molecule has 4 heterocycles. The Balaban J connectivity index is 1.14. The van der Waals surface area contributed by atoms with Gasteiger partial charge in [-0.2, -0.15) is 0 Å². The number of carbonyl (C=O) groups is 1. The number of rotatable bonds is 12. The molecule has 11 heteroatoms. The van der Waals surface area contributed by atoms with Gasteiger partial charge in [0.2, 0.25) is 0 Å². The molecule has 2 aliphatic rings. The van der Waals surface area contributed by atoms with Crippen LogP contribution in [0.25, 0.3) is 43.8 Å². The fourth-order valence-electron chi connectivity index (χ4n) is 9.92. The second-order valence-corrected chi connectivity index (χ2v) is 19.0. The second kappa shape index (κ2) is 18.9. The van der Waals surface area contributed by atoms with Gasteiger partial charge in [-0.3, -0.25) is 19.3 Å². The first-order valence-electron chi connectivity index (χ1n) is 22.7. The van der Waals surface area contributed by atoms with Crippen molar-refractivity contribution in [1.29, 1.82) is 0 Å². The normalized spacial score (nSPS) is 15.5. The first kappa shape index (κ1) is 45.0. The number of hydrogen-bond donors (Lipinski definition) is 0. The summed E-state index contributed by atoms with van der Waals surface area (Å²) in [4.78, 5) is 45.3. The third kappa shape index (κ3) is 8.91. The van der Waals surface area contributed by atoms with Crippen molar-refractivity contribution < 1.29 is 19.0 Å². The number of ether oxygens (including phenoxy) is 3. The molecule has 0 saturated carbocycles. The third-order valence-electron chi connectivity index (χ3n) is 14.0. The Hall–Kier alpha value is -5.58. The van der Waals surface area contributed by atoms with E-state index in [-0.39, 0.29) is 23.6 Å². The molecule has 0 bridgehead atoms. The first-order chi connectivity index (χ1) is 30.8. The van der Waals surface area contributed by atoms with Gasteiger partial charge in [0.1, 0.15) is 29.4 Å². The summed E-state index contributed by atoms with van der Waals surface area (Å²) in [5.41, 5.74) is 5.21. The Labute approximate surface area is 381 Å². The molecule has 10 nitrogen and oxygen atoms in total. The lowest BCUT2D eigenvalue weighted by atomic mass is 9.86. The van der Waals surface area contributed by atoms with Gasteiger partial charge in [-0.15, -0.1) is 0 Å². The lowest BCUT2D eigenvalue weighted by molar-refractivity contribution is 0.0664. The molecule has 2 aliphatic heterocycles. The molecule has 2 saturated heterocycles. The Morgan fingerprint density at radius 2 is 1.20 bits per heavy atom. The van der Waals surface area contributed by atoms with Crippen LogP contribution in [0.15, 0.2) is 88.7 Å². The lowest BCUT2D eigenvalue weighted by Crippen LogP contribution is -2.39. The Bertz CT molecular complexity index is 2830. The highest BCUT2D eigenvalue weighted by Crippen LogP contribution is 2.41. The molecular formula is C53H61ClN4O6. The zero-order valence-electron chi connectivity index (χ0n) is 38.5. The summed E-state index contributed by atoms with van der Waals surface area (Å²) in [6, 6.07) is 21.3. The topological polar surface area (TPSA) is 95.2 Å². The van der Waals surface area contributed by atoms with Crippen LogP contribution in [0.1, 0.15) is 74.9 Å². The molecule has 4 aromatic carbocycles. The number of fused-ring (bicyclic) bond motifs is 2. The molecule has 1 amide bonds. The van der Waals surface area contributed by atoms with Crippen molar-refractivity contribution in [2.75, 3.05) is 40.4 Å². The monoisotopic (exact) mass is 884 g/mol. The van der Waals surface area contributed by atoms with Crippen molar-refractivity contribution in [3.8, 4) is 39.5 Å². The van der Waals surface area contributed by atoms with Crippen LogP contribution in [0.3, 0.4) is 0 Å². The van der Waals surface area contributed by atoms with Crippen LogP contribution in [0.5, 0.6) is 17.2 Å². The molecule has 0 spiro atoms. The summed E-state index contributed by atoms with van der Waals surface area (Å²) >= 11 is 6.97. The Morgan fingerprint density at radius 1 is 0.672 bits per heavy atom. The van der Waals surface area contributed by atoms with Crippen LogP contribution in [-0.4, -0.2) is 65.2 Å². The van der Waals surface area contributed by atoms with Crippen LogP contribution in [0.2, 0.25) is 5.02 Å². The van der Waals surface area contributed by atoms with Crippen molar-refractivity contribution in [3.63, 3.8) is 0 Å². The number of methoxy groups -OCH3 is 2. The molecular weight excluding hydrogens is 824 g/mol. The van der Waals surface area contributed by atoms with E-state index in [0.717, 1.165) is 82.9 Å². The minimum atomic E-state index is -0.147. The van der Waals surface area contributed by atoms with Crippen LogP contribution in [-0.2, 0) is 27.2 Å². The predicted molar refractivity (Wildman–Crippen MR) is 258 cm³/mol. The van der Waals surface area contributed by atoms with Crippen molar-refractivity contribution in [3.05, 3.63) is 122 Å². The summed E-state index contributed by atoms with van der Waals surface area (Å²) in [5, 5.41) is 3.07. The van der Waals surface area contributed by atoms with E-state index in [4.69, 9.17) is 25.8 Å². The highest BCUT2D eigenvalue weighted by molar-refractivity contribution is 6.34. The molecule has 0 N–H and O–H groups in total. The van der Waals surface area contributed by atoms with E-state index in [0.29, 0.717) is 81.9 Å². The molecule has 8 rings (SSSR count). The molecule has 0 unspecified atom stereocenters. The van der Waals surface area contributed by atoms with Gasteiger partial charge in [0.15, 0.2) is 0 Å². The van der Waals surface area contributed by atoms with Crippen molar-refractivity contribution in [2.24, 2.45) is 37.8 Å². The molecule has 2 aromatic heterocycles. The molecule has 2 fully saturated rings. The number of piperidine rings is 2. The number of amides is 1. The summed E-state index contributed by atoms with van der Waals surface area (Å²) in [7, 11) is 6.76. The predicted octanol–water partition coefficient (Wildman–Crippen LogP) is 10.4. The molecule has 6 aromatic rings. The van der Waals surface area contributed by atoms with Gasteiger partial charge in [0.05, 0.1) is 24.8 Å². The van der Waals surface area contributed by atoms with E-state index in [1.54, 1.807) is 49.7 Å². The molecule has 336 valence electrons. The fourth-order valence-corrected chi connectivity index (χ4v) is 10.2. The number of pyridine rings is 2. The molecule has 0 radical (unpaired) electrons. The third-order valence-corrected chi connectivity index (χ3v) is 14.3. The van der Waals surface area contributed by atoms with Crippen LogP contribution >= 0.6 is 11.6 Å².